The highest BCUT2D eigenvalue weighted by Crippen LogP contribution is 2.34. The quantitative estimate of drug-likeness (QED) is 0.869. The van der Waals surface area contributed by atoms with E-state index in [2.05, 4.69) is 6.07 Å². The summed E-state index contributed by atoms with van der Waals surface area (Å²) in [6.07, 6.45) is 4.21. The van der Waals surface area contributed by atoms with Crippen molar-refractivity contribution >= 4 is 5.91 Å². The zero-order chi connectivity index (χ0) is 12.5. The fourth-order valence-electron chi connectivity index (χ4n) is 2.80. The Labute approximate surface area is 107 Å². The second kappa shape index (κ2) is 4.63. The molecule has 0 bridgehead atoms. The lowest BCUT2D eigenvalue weighted by molar-refractivity contribution is -0.133. The highest BCUT2D eigenvalue weighted by Gasteiger charge is 2.35. The molecule has 3 rings (SSSR count). The Morgan fingerprint density at radius 2 is 1.89 bits per heavy atom. The highest BCUT2D eigenvalue weighted by atomic mass is 16.3. The molecule has 1 aromatic rings. The van der Waals surface area contributed by atoms with E-state index in [4.69, 9.17) is 0 Å². The van der Waals surface area contributed by atoms with Crippen molar-refractivity contribution < 1.29 is 9.90 Å². The summed E-state index contributed by atoms with van der Waals surface area (Å²) in [5, 5.41) is 9.50. The van der Waals surface area contributed by atoms with Gasteiger partial charge in [0.15, 0.2) is 0 Å². The molecule has 0 radical (unpaired) electrons. The summed E-state index contributed by atoms with van der Waals surface area (Å²) in [6.45, 7) is 1.74. The number of aromatic hydroxyl groups is 1. The second-order valence-corrected chi connectivity index (χ2v) is 5.47. The van der Waals surface area contributed by atoms with E-state index < -0.39 is 0 Å². The van der Waals surface area contributed by atoms with Crippen molar-refractivity contribution in [1.82, 2.24) is 4.90 Å². The number of hydrogen-bond acceptors (Lipinski definition) is 2. The first-order chi connectivity index (χ1) is 8.74. The van der Waals surface area contributed by atoms with Gasteiger partial charge < -0.3 is 10.0 Å². The predicted octanol–water partition coefficient (Wildman–Crippen LogP) is 2.51. The van der Waals surface area contributed by atoms with Gasteiger partial charge in [-0.15, -0.1) is 0 Å². The third-order valence-electron chi connectivity index (χ3n) is 4.07. The van der Waals surface area contributed by atoms with Crippen LogP contribution in [0.4, 0.5) is 0 Å². The molecular weight excluding hydrogens is 226 g/mol. The molecule has 1 saturated carbocycles. The Balaban J connectivity index is 1.61. The lowest BCUT2D eigenvalue weighted by atomic mass is 9.89. The summed E-state index contributed by atoms with van der Waals surface area (Å²) in [5.74, 6) is 1.52. The van der Waals surface area contributed by atoms with Crippen LogP contribution in [0.2, 0.25) is 0 Å². The lowest BCUT2D eigenvalue weighted by Gasteiger charge is -2.32. The molecule has 18 heavy (non-hydrogen) atoms. The molecule has 2 aliphatic rings. The topological polar surface area (TPSA) is 40.5 Å². The fraction of sp³-hybridized carbons (Fsp3) is 0.533. The van der Waals surface area contributed by atoms with Crippen LogP contribution < -0.4 is 0 Å². The van der Waals surface area contributed by atoms with E-state index in [9.17, 15) is 9.90 Å². The molecule has 0 aromatic heterocycles. The molecule has 3 nitrogen and oxygen atoms in total. The maximum atomic E-state index is 11.9. The minimum Gasteiger partial charge on any atom is -0.508 e. The number of nitrogens with zero attached hydrogens (tertiary/aromatic N) is 1. The number of rotatable bonds is 2. The van der Waals surface area contributed by atoms with Crippen molar-refractivity contribution in [2.45, 2.75) is 31.6 Å². The van der Waals surface area contributed by atoms with Gasteiger partial charge in [-0.3, -0.25) is 4.79 Å². The number of carbonyl (C=O) groups is 1. The average Bonchev–Trinajstić information content (AvgIpc) is 3.22. The molecule has 3 heteroatoms. The third kappa shape index (κ3) is 2.35. The van der Waals surface area contributed by atoms with Crippen LogP contribution in [0.1, 0.15) is 37.2 Å². The standard InChI is InChI=1S/C15H19NO2/c17-14-3-1-2-13(10-14)11-6-8-16(9-7-11)15(18)12-4-5-12/h1-3,10-12,17H,4-9H2. The minimum atomic E-state index is 0.335. The minimum absolute atomic E-state index is 0.335. The number of benzene rings is 1. The van der Waals surface area contributed by atoms with Gasteiger partial charge in [0.1, 0.15) is 5.75 Å². The highest BCUT2D eigenvalue weighted by molar-refractivity contribution is 5.81. The van der Waals surface area contributed by atoms with E-state index in [0.717, 1.165) is 38.8 Å². The van der Waals surface area contributed by atoms with Crippen LogP contribution in [-0.2, 0) is 4.79 Å². The monoisotopic (exact) mass is 245 g/mol. The Bertz CT molecular complexity index is 446. The van der Waals surface area contributed by atoms with Crippen molar-refractivity contribution in [2.75, 3.05) is 13.1 Å². The molecule has 0 unspecified atom stereocenters. The summed E-state index contributed by atoms with van der Waals surface area (Å²) >= 11 is 0. The largest absolute Gasteiger partial charge is 0.508 e. The number of likely N-dealkylation sites (tertiary alicyclic amines) is 1. The molecule has 0 atom stereocenters. The molecule has 0 spiro atoms. The second-order valence-electron chi connectivity index (χ2n) is 5.47. The van der Waals surface area contributed by atoms with Gasteiger partial charge in [0.2, 0.25) is 5.91 Å². The van der Waals surface area contributed by atoms with Crippen LogP contribution in [0.3, 0.4) is 0 Å². The Hall–Kier alpha value is -1.51. The number of phenolic OH excluding ortho intramolecular Hbond substituents is 1. The van der Waals surface area contributed by atoms with Crippen molar-refractivity contribution in [3.05, 3.63) is 29.8 Å². The normalized spacial score (nSPS) is 21.0. The summed E-state index contributed by atoms with van der Waals surface area (Å²) in [4.78, 5) is 14.0. The predicted molar refractivity (Wildman–Crippen MR) is 69.4 cm³/mol. The number of phenols is 1. The van der Waals surface area contributed by atoms with E-state index >= 15 is 0 Å². The van der Waals surface area contributed by atoms with Crippen molar-refractivity contribution in [3.63, 3.8) is 0 Å². The van der Waals surface area contributed by atoms with Crippen LogP contribution in [0.5, 0.6) is 5.75 Å². The van der Waals surface area contributed by atoms with E-state index in [0.29, 0.717) is 23.5 Å². The number of piperidine rings is 1. The third-order valence-corrected chi connectivity index (χ3v) is 4.07. The summed E-state index contributed by atoms with van der Waals surface area (Å²) in [7, 11) is 0. The number of amides is 1. The van der Waals surface area contributed by atoms with Gasteiger partial charge in [0.05, 0.1) is 0 Å². The molecule has 1 saturated heterocycles. The van der Waals surface area contributed by atoms with E-state index in [1.807, 2.05) is 17.0 Å². The zero-order valence-electron chi connectivity index (χ0n) is 10.5. The van der Waals surface area contributed by atoms with Crippen LogP contribution in [0, 0.1) is 5.92 Å². The zero-order valence-corrected chi connectivity index (χ0v) is 10.5. The molecule has 1 aliphatic carbocycles. The molecule has 1 aliphatic heterocycles. The molecule has 1 heterocycles. The first-order valence-electron chi connectivity index (χ1n) is 6.82. The van der Waals surface area contributed by atoms with E-state index in [1.54, 1.807) is 6.07 Å². The van der Waals surface area contributed by atoms with Gasteiger partial charge in [0, 0.05) is 19.0 Å². The average molecular weight is 245 g/mol. The fourth-order valence-corrected chi connectivity index (χ4v) is 2.80. The molecule has 1 aromatic carbocycles. The first kappa shape index (κ1) is 11.6. The first-order valence-corrected chi connectivity index (χ1v) is 6.82. The molecule has 1 amide bonds. The van der Waals surface area contributed by atoms with Gasteiger partial charge in [-0.05, 0) is 49.3 Å². The summed E-state index contributed by atoms with van der Waals surface area (Å²) in [5.41, 5.74) is 1.20. The van der Waals surface area contributed by atoms with Crippen molar-refractivity contribution in [3.8, 4) is 5.75 Å². The van der Waals surface area contributed by atoms with E-state index in [-0.39, 0.29) is 0 Å². The van der Waals surface area contributed by atoms with Crippen molar-refractivity contribution in [2.24, 2.45) is 5.92 Å². The lowest BCUT2D eigenvalue weighted by Crippen LogP contribution is -2.38. The van der Waals surface area contributed by atoms with Crippen LogP contribution >= 0.6 is 0 Å². The molecule has 96 valence electrons. The molecule has 1 N–H and O–H groups in total. The molecular formula is C15H19NO2. The van der Waals surface area contributed by atoms with Crippen LogP contribution in [0.15, 0.2) is 24.3 Å². The molecule has 2 fully saturated rings. The van der Waals surface area contributed by atoms with Gasteiger partial charge in [0.25, 0.3) is 0 Å². The maximum absolute atomic E-state index is 11.9. The van der Waals surface area contributed by atoms with Crippen molar-refractivity contribution in [1.29, 1.82) is 0 Å². The summed E-state index contributed by atoms with van der Waals surface area (Å²) < 4.78 is 0. The number of hydrogen-bond donors (Lipinski definition) is 1. The van der Waals surface area contributed by atoms with Gasteiger partial charge in [-0.1, -0.05) is 12.1 Å². The van der Waals surface area contributed by atoms with Crippen LogP contribution in [0.25, 0.3) is 0 Å². The summed E-state index contributed by atoms with van der Waals surface area (Å²) in [6, 6.07) is 7.52. The Morgan fingerprint density at radius 3 is 2.50 bits per heavy atom. The smallest absolute Gasteiger partial charge is 0.225 e. The Morgan fingerprint density at radius 1 is 1.17 bits per heavy atom. The van der Waals surface area contributed by atoms with Gasteiger partial charge in [-0.25, -0.2) is 0 Å². The van der Waals surface area contributed by atoms with E-state index in [1.165, 1.54) is 5.56 Å². The van der Waals surface area contributed by atoms with Gasteiger partial charge in [-0.2, -0.15) is 0 Å². The SMILES string of the molecule is O=C(C1CC1)N1CCC(c2cccc(O)c2)CC1. The number of carbonyl (C=O) groups excluding carboxylic acids is 1. The Kier molecular flexibility index (Phi) is 2.98. The van der Waals surface area contributed by atoms with Crippen LogP contribution in [-0.4, -0.2) is 29.0 Å². The van der Waals surface area contributed by atoms with Gasteiger partial charge >= 0.3 is 0 Å². The maximum Gasteiger partial charge on any atom is 0.225 e.